The zero-order valence-corrected chi connectivity index (χ0v) is 11.4. The smallest absolute Gasteiger partial charge is 0.131 e. The van der Waals surface area contributed by atoms with Crippen LogP contribution in [-0.4, -0.2) is 15.8 Å². The number of nitrogens with zero attached hydrogens (tertiary/aromatic N) is 2. The molecule has 0 aliphatic heterocycles. The van der Waals surface area contributed by atoms with Crippen molar-refractivity contribution in [1.29, 1.82) is 0 Å². The Morgan fingerprint density at radius 1 is 1.50 bits per heavy atom. The minimum Gasteiger partial charge on any atom is -0.310 e. The number of hydrogen-bond acceptors (Lipinski definition) is 2. The summed E-state index contributed by atoms with van der Waals surface area (Å²) in [5.74, 6) is 0. The van der Waals surface area contributed by atoms with Crippen LogP contribution in [0.4, 0.5) is 0 Å². The SMILES string of the molecule is CCCCC(C)NCc1c(C)nn(C)c1Cl. The third-order valence-corrected chi connectivity index (χ3v) is 3.36. The van der Waals surface area contributed by atoms with Gasteiger partial charge in [0.1, 0.15) is 5.15 Å². The van der Waals surface area contributed by atoms with Crippen LogP contribution in [-0.2, 0) is 13.6 Å². The van der Waals surface area contributed by atoms with E-state index in [0.717, 1.165) is 23.0 Å². The minimum atomic E-state index is 0.538. The van der Waals surface area contributed by atoms with Crippen LogP contribution in [0.5, 0.6) is 0 Å². The van der Waals surface area contributed by atoms with Gasteiger partial charge in [-0.3, -0.25) is 4.68 Å². The van der Waals surface area contributed by atoms with Crippen LogP contribution in [0.2, 0.25) is 5.15 Å². The Morgan fingerprint density at radius 2 is 2.19 bits per heavy atom. The fourth-order valence-electron chi connectivity index (χ4n) is 1.76. The lowest BCUT2D eigenvalue weighted by molar-refractivity contribution is 0.494. The molecule has 1 heterocycles. The maximum atomic E-state index is 6.16. The highest BCUT2D eigenvalue weighted by atomic mass is 35.5. The second-order valence-corrected chi connectivity index (χ2v) is 4.76. The largest absolute Gasteiger partial charge is 0.310 e. The van der Waals surface area contributed by atoms with Gasteiger partial charge in [0.25, 0.3) is 0 Å². The van der Waals surface area contributed by atoms with Gasteiger partial charge in [-0.05, 0) is 20.3 Å². The van der Waals surface area contributed by atoms with E-state index in [9.17, 15) is 0 Å². The number of nitrogens with one attached hydrogen (secondary N) is 1. The van der Waals surface area contributed by atoms with Crippen molar-refractivity contribution in [3.8, 4) is 0 Å². The fraction of sp³-hybridized carbons (Fsp3) is 0.750. The first-order valence-electron chi connectivity index (χ1n) is 5.97. The summed E-state index contributed by atoms with van der Waals surface area (Å²) >= 11 is 6.16. The van der Waals surface area contributed by atoms with Gasteiger partial charge in [0, 0.05) is 25.2 Å². The molecule has 1 aromatic rings. The third kappa shape index (κ3) is 3.49. The Hall–Kier alpha value is -0.540. The minimum absolute atomic E-state index is 0.538. The van der Waals surface area contributed by atoms with Crippen LogP contribution in [0.1, 0.15) is 44.4 Å². The second kappa shape index (κ2) is 6.26. The first-order valence-corrected chi connectivity index (χ1v) is 6.35. The lowest BCUT2D eigenvalue weighted by Gasteiger charge is -2.12. The maximum Gasteiger partial charge on any atom is 0.131 e. The molecule has 0 amide bonds. The van der Waals surface area contributed by atoms with Crippen molar-refractivity contribution in [2.75, 3.05) is 0 Å². The summed E-state index contributed by atoms with van der Waals surface area (Å²) in [7, 11) is 1.87. The monoisotopic (exact) mass is 243 g/mol. The highest BCUT2D eigenvalue weighted by molar-refractivity contribution is 6.30. The van der Waals surface area contributed by atoms with E-state index < -0.39 is 0 Å². The van der Waals surface area contributed by atoms with Crippen molar-refractivity contribution in [2.45, 2.75) is 52.6 Å². The molecule has 0 aliphatic carbocycles. The van der Waals surface area contributed by atoms with Crippen LogP contribution >= 0.6 is 11.6 Å². The lowest BCUT2D eigenvalue weighted by Crippen LogP contribution is -2.25. The molecular weight excluding hydrogens is 222 g/mol. The number of hydrogen-bond donors (Lipinski definition) is 1. The molecule has 0 aromatic carbocycles. The molecule has 1 N–H and O–H groups in total. The average Bonchev–Trinajstić information content (AvgIpc) is 2.48. The molecule has 0 spiro atoms. The van der Waals surface area contributed by atoms with E-state index in [0.29, 0.717) is 6.04 Å². The molecule has 1 unspecified atom stereocenters. The van der Waals surface area contributed by atoms with Crippen molar-refractivity contribution in [2.24, 2.45) is 7.05 Å². The Bertz CT molecular complexity index is 333. The van der Waals surface area contributed by atoms with Gasteiger partial charge in [0.05, 0.1) is 5.69 Å². The summed E-state index contributed by atoms with van der Waals surface area (Å²) in [4.78, 5) is 0. The van der Waals surface area contributed by atoms with Crippen LogP contribution in [0.25, 0.3) is 0 Å². The van der Waals surface area contributed by atoms with Gasteiger partial charge in [-0.1, -0.05) is 31.4 Å². The Kier molecular flexibility index (Phi) is 5.29. The van der Waals surface area contributed by atoms with Gasteiger partial charge >= 0.3 is 0 Å². The van der Waals surface area contributed by atoms with E-state index in [1.54, 1.807) is 4.68 Å². The number of aromatic nitrogens is 2. The Morgan fingerprint density at radius 3 is 2.69 bits per heavy atom. The molecule has 1 rings (SSSR count). The summed E-state index contributed by atoms with van der Waals surface area (Å²) in [5, 5.41) is 8.53. The molecule has 0 saturated heterocycles. The van der Waals surface area contributed by atoms with Gasteiger partial charge in [0.2, 0.25) is 0 Å². The number of halogens is 1. The van der Waals surface area contributed by atoms with Gasteiger partial charge in [-0.15, -0.1) is 0 Å². The predicted octanol–water partition coefficient (Wildman–Crippen LogP) is 3.05. The van der Waals surface area contributed by atoms with Crippen molar-refractivity contribution >= 4 is 11.6 Å². The average molecular weight is 244 g/mol. The standard InChI is InChI=1S/C12H22ClN3/c1-5-6-7-9(2)14-8-11-10(3)15-16(4)12(11)13/h9,14H,5-8H2,1-4H3. The molecule has 1 aromatic heterocycles. The highest BCUT2D eigenvalue weighted by Gasteiger charge is 2.11. The first kappa shape index (κ1) is 13.5. The quantitative estimate of drug-likeness (QED) is 0.832. The summed E-state index contributed by atoms with van der Waals surface area (Å²) < 4.78 is 1.73. The molecule has 1 atom stereocenters. The van der Waals surface area contributed by atoms with E-state index in [1.165, 1.54) is 19.3 Å². The molecule has 0 bridgehead atoms. The Balaban J connectivity index is 2.48. The zero-order valence-electron chi connectivity index (χ0n) is 10.7. The summed E-state index contributed by atoms with van der Waals surface area (Å²) in [6.45, 7) is 7.24. The van der Waals surface area contributed by atoms with Crippen LogP contribution in [0.15, 0.2) is 0 Å². The lowest BCUT2D eigenvalue weighted by atomic mass is 10.1. The molecule has 0 fully saturated rings. The van der Waals surface area contributed by atoms with Crippen LogP contribution in [0, 0.1) is 6.92 Å². The number of unbranched alkanes of at least 4 members (excludes halogenated alkanes) is 1. The zero-order chi connectivity index (χ0) is 12.1. The molecule has 3 nitrogen and oxygen atoms in total. The normalized spacial score (nSPS) is 13.1. The first-order chi connectivity index (χ1) is 7.56. The van der Waals surface area contributed by atoms with E-state index in [-0.39, 0.29) is 0 Å². The summed E-state index contributed by atoms with van der Waals surface area (Å²) in [6, 6.07) is 0.538. The second-order valence-electron chi connectivity index (χ2n) is 4.40. The van der Waals surface area contributed by atoms with Crippen molar-refractivity contribution < 1.29 is 0 Å². The topological polar surface area (TPSA) is 29.9 Å². The molecule has 0 saturated carbocycles. The van der Waals surface area contributed by atoms with Gasteiger partial charge in [-0.25, -0.2) is 0 Å². The van der Waals surface area contributed by atoms with E-state index in [4.69, 9.17) is 11.6 Å². The fourth-order valence-corrected chi connectivity index (χ4v) is 2.00. The molecular formula is C12H22ClN3. The van der Waals surface area contributed by atoms with Crippen molar-refractivity contribution in [3.63, 3.8) is 0 Å². The Labute approximate surface area is 103 Å². The van der Waals surface area contributed by atoms with E-state index in [1.807, 2.05) is 14.0 Å². The van der Waals surface area contributed by atoms with E-state index in [2.05, 4.69) is 24.3 Å². The maximum absolute atomic E-state index is 6.16. The van der Waals surface area contributed by atoms with Gasteiger partial charge in [-0.2, -0.15) is 5.10 Å². The number of aryl methyl sites for hydroxylation is 2. The third-order valence-electron chi connectivity index (χ3n) is 2.89. The molecule has 0 aliphatic rings. The van der Waals surface area contributed by atoms with Crippen LogP contribution < -0.4 is 5.32 Å². The van der Waals surface area contributed by atoms with Gasteiger partial charge in [0.15, 0.2) is 0 Å². The van der Waals surface area contributed by atoms with Crippen molar-refractivity contribution in [3.05, 3.63) is 16.4 Å². The van der Waals surface area contributed by atoms with E-state index >= 15 is 0 Å². The van der Waals surface area contributed by atoms with Gasteiger partial charge < -0.3 is 5.32 Å². The summed E-state index contributed by atoms with van der Waals surface area (Å²) in [6.07, 6.45) is 3.74. The van der Waals surface area contributed by atoms with Crippen molar-refractivity contribution in [1.82, 2.24) is 15.1 Å². The molecule has 4 heteroatoms. The molecule has 92 valence electrons. The summed E-state index contributed by atoms with van der Waals surface area (Å²) in [5.41, 5.74) is 2.13. The highest BCUT2D eigenvalue weighted by Crippen LogP contribution is 2.18. The molecule has 16 heavy (non-hydrogen) atoms. The predicted molar refractivity (Wildman–Crippen MR) is 68.8 cm³/mol. The molecule has 0 radical (unpaired) electrons. The number of rotatable bonds is 6. The van der Waals surface area contributed by atoms with Crippen LogP contribution in [0.3, 0.4) is 0 Å².